The van der Waals surface area contributed by atoms with Gasteiger partial charge in [-0.2, -0.15) is 4.98 Å². The summed E-state index contributed by atoms with van der Waals surface area (Å²) in [7, 11) is -3.29. The Morgan fingerprint density at radius 1 is 1.29 bits per heavy atom. The van der Waals surface area contributed by atoms with Crippen molar-refractivity contribution >= 4 is 10.0 Å². The predicted molar refractivity (Wildman–Crippen MR) is 72.2 cm³/mol. The zero-order chi connectivity index (χ0) is 14.9. The van der Waals surface area contributed by atoms with E-state index in [1.807, 2.05) is 0 Å². The quantitative estimate of drug-likeness (QED) is 0.875. The second kappa shape index (κ2) is 5.34. The van der Waals surface area contributed by atoms with E-state index >= 15 is 0 Å². The first-order valence-electron chi connectivity index (χ1n) is 6.27. The van der Waals surface area contributed by atoms with E-state index < -0.39 is 10.0 Å². The van der Waals surface area contributed by atoms with Gasteiger partial charge in [-0.25, -0.2) is 13.1 Å². The van der Waals surface area contributed by atoms with Gasteiger partial charge >= 0.3 is 0 Å². The SMILES string of the molecule is CCS(=O)(=O)NCc1noc(-c2ccc3c(c2)OCO3)n1. The second-order valence-electron chi connectivity index (χ2n) is 4.31. The fraction of sp³-hybridized carbons (Fsp3) is 0.333. The van der Waals surface area contributed by atoms with Crippen molar-refractivity contribution in [3.63, 3.8) is 0 Å². The molecule has 0 saturated carbocycles. The highest BCUT2D eigenvalue weighted by molar-refractivity contribution is 7.89. The largest absolute Gasteiger partial charge is 0.454 e. The van der Waals surface area contributed by atoms with Crippen molar-refractivity contribution < 1.29 is 22.4 Å². The van der Waals surface area contributed by atoms with Crippen LogP contribution in [0, 0.1) is 0 Å². The van der Waals surface area contributed by atoms with Gasteiger partial charge < -0.3 is 14.0 Å². The highest BCUT2D eigenvalue weighted by Crippen LogP contribution is 2.35. The van der Waals surface area contributed by atoms with Crippen LogP contribution in [0.2, 0.25) is 0 Å². The maximum Gasteiger partial charge on any atom is 0.258 e. The molecule has 21 heavy (non-hydrogen) atoms. The topological polar surface area (TPSA) is 104 Å². The Labute approximate surface area is 121 Å². The number of sulfonamides is 1. The molecular formula is C12H13N3O5S. The molecule has 0 fully saturated rings. The molecule has 0 amide bonds. The summed E-state index contributed by atoms with van der Waals surface area (Å²) in [6.45, 7) is 1.73. The number of nitrogens with one attached hydrogen (secondary N) is 1. The predicted octanol–water partition coefficient (Wildman–Crippen LogP) is 0.905. The van der Waals surface area contributed by atoms with Crippen molar-refractivity contribution in [1.82, 2.24) is 14.9 Å². The van der Waals surface area contributed by atoms with Crippen LogP contribution in [0.5, 0.6) is 11.5 Å². The van der Waals surface area contributed by atoms with Crippen molar-refractivity contribution in [3.8, 4) is 23.0 Å². The molecule has 9 heteroatoms. The highest BCUT2D eigenvalue weighted by Gasteiger charge is 2.17. The van der Waals surface area contributed by atoms with Gasteiger partial charge in [0, 0.05) is 5.56 Å². The molecule has 0 atom stereocenters. The lowest BCUT2D eigenvalue weighted by Crippen LogP contribution is -2.25. The Balaban J connectivity index is 1.76. The van der Waals surface area contributed by atoms with E-state index in [1.54, 1.807) is 25.1 Å². The van der Waals surface area contributed by atoms with Gasteiger partial charge in [0.1, 0.15) is 0 Å². The van der Waals surface area contributed by atoms with E-state index in [9.17, 15) is 8.42 Å². The molecule has 1 aromatic carbocycles. The molecule has 1 aliphatic heterocycles. The Hall–Kier alpha value is -2.13. The molecule has 1 aromatic heterocycles. The molecule has 1 N–H and O–H groups in total. The summed E-state index contributed by atoms with van der Waals surface area (Å²) in [4.78, 5) is 4.14. The number of hydrogen-bond donors (Lipinski definition) is 1. The first-order valence-corrected chi connectivity index (χ1v) is 7.92. The van der Waals surface area contributed by atoms with Gasteiger partial charge in [0.25, 0.3) is 5.89 Å². The molecule has 0 saturated heterocycles. The third-order valence-corrected chi connectivity index (χ3v) is 4.26. The molecule has 3 rings (SSSR count). The molecule has 2 heterocycles. The minimum atomic E-state index is -3.29. The fourth-order valence-corrected chi connectivity index (χ4v) is 2.30. The number of hydrogen-bond acceptors (Lipinski definition) is 7. The summed E-state index contributed by atoms with van der Waals surface area (Å²) in [5.41, 5.74) is 0.677. The van der Waals surface area contributed by atoms with Crippen molar-refractivity contribution in [2.24, 2.45) is 0 Å². The summed E-state index contributed by atoms with van der Waals surface area (Å²) in [6, 6.07) is 5.25. The van der Waals surface area contributed by atoms with Crippen molar-refractivity contribution in [2.75, 3.05) is 12.5 Å². The van der Waals surface area contributed by atoms with E-state index in [4.69, 9.17) is 14.0 Å². The molecule has 112 valence electrons. The monoisotopic (exact) mass is 311 g/mol. The normalized spacial score (nSPS) is 13.6. The summed E-state index contributed by atoms with van der Waals surface area (Å²) in [5.74, 6) is 1.83. The van der Waals surface area contributed by atoms with E-state index in [0.717, 1.165) is 0 Å². The Morgan fingerprint density at radius 2 is 2.10 bits per heavy atom. The van der Waals surface area contributed by atoms with Crippen LogP contribution in [0.4, 0.5) is 0 Å². The Bertz CT molecular complexity index is 756. The lowest BCUT2D eigenvalue weighted by molar-refractivity contribution is 0.174. The van der Waals surface area contributed by atoms with Gasteiger partial charge in [-0.05, 0) is 25.1 Å². The molecule has 0 unspecified atom stereocenters. The standard InChI is InChI=1S/C12H13N3O5S/c1-2-21(16,17)13-6-11-14-12(20-15-11)8-3-4-9-10(5-8)19-7-18-9/h3-5,13H,2,6-7H2,1H3. The van der Waals surface area contributed by atoms with Crippen molar-refractivity contribution in [1.29, 1.82) is 0 Å². The summed E-state index contributed by atoms with van der Waals surface area (Å²) in [6.07, 6.45) is 0. The molecule has 2 aromatic rings. The Kier molecular flexibility index (Phi) is 3.52. The second-order valence-corrected chi connectivity index (χ2v) is 6.40. The minimum absolute atomic E-state index is 0.000129. The van der Waals surface area contributed by atoms with Gasteiger partial charge in [0.2, 0.25) is 16.8 Å². The van der Waals surface area contributed by atoms with E-state index in [0.29, 0.717) is 23.0 Å². The van der Waals surface area contributed by atoms with Gasteiger partial charge in [-0.3, -0.25) is 0 Å². The van der Waals surface area contributed by atoms with Crippen LogP contribution >= 0.6 is 0 Å². The van der Waals surface area contributed by atoms with Crippen LogP contribution < -0.4 is 14.2 Å². The third kappa shape index (κ3) is 2.98. The van der Waals surface area contributed by atoms with Gasteiger partial charge in [-0.1, -0.05) is 5.16 Å². The number of ether oxygens (including phenoxy) is 2. The average molecular weight is 311 g/mol. The molecule has 8 nitrogen and oxygen atoms in total. The zero-order valence-corrected chi connectivity index (χ0v) is 12.0. The van der Waals surface area contributed by atoms with Crippen molar-refractivity contribution in [2.45, 2.75) is 13.5 Å². The van der Waals surface area contributed by atoms with Crippen molar-refractivity contribution in [3.05, 3.63) is 24.0 Å². The zero-order valence-electron chi connectivity index (χ0n) is 11.2. The van der Waals surface area contributed by atoms with E-state index in [1.165, 1.54) is 0 Å². The first-order chi connectivity index (χ1) is 10.1. The minimum Gasteiger partial charge on any atom is -0.454 e. The lowest BCUT2D eigenvalue weighted by atomic mass is 10.2. The van der Waals surface area contributed by atoms with Crippen LogP contribution in [0.15, 0.2) is 22.7 Å². The molecule has 1 aliphatic rings. The third-order valence-electron chi connectivity index (χ3n) is 2.92. The lowest BCUT2D eigenvalue weighted by Gasteiger charge is -1.99. The van der Waals surface area contributed by atoms with Gasteiger partial charge in [0.15, 0.2) is 17.3 Å². The van der Waals surface area contributed by atoms with Gasteiger partial charge in [0.05, 0.1) is 12.3 Å². The summed E-state index contributed by atoms with van der Waals surface area (Å²) >= 11 is 0. The maximum absolute atomic E-state index is 11.3. The molecular weight excluding hydrogens is 298 g/mol. The number of fused-ring (bicyclic) bond motifs is 1. The van der Waals surface area contributed by atoms with Crippen LogP contribution in [-0.4, -0.2) is 31.1 Å². The smallest absolute Gasteiger partial charge is 0.258 e. The molecule has 0 aliphatic carbocycles. The van der Waals surface area contributed by atoms with E-state index in [2.05, 4.69) is 14.9 Å². The van der Waals surface area contributed by atoms with Crippen LogP contribution in [0.25, 0.3) is 11.5 Å². The van der Waals surface area contributed by atoms with E-state index in [-0.39, 0.29) is 24.9 Å². The van der Waals surface area contributed by atoms with Crippen LogP contribution in [0.1, 0.15) is 12.7 Å². The Morgan fingerprint density at radius 3 is 2.90 bits per heavy atom. The summed E-state index contributed by atoms with van der Waals surface area (Å²) in [5, 5.41) is 3.74. The molecule has 0 spiro atoms. The first kappa shape index (κ1) is 13.8. The summed E-state index contributed by atoms with van der Waals surface area (Å²) < 4.78 is 40.7. The van der Waals surface area contributed by atoms with Gasteiger partial charge in [-0.15, -0.1) is 0 Å². The number of benzene rings is 1. The maximum atomic E-state index is 11.3. The number of aromatic nitrogens is 2. The molecule has 0 bridgehead atoms. The molecule has 0 radical (unpaired) electrons. The number of rotatable bonds is 5. The van der Waals surface area contributed by atoms with Crippen LogP contribution in [0.3, 0.4) is 0 Å². The highest BCUT2D eigenvalue weighted by atomic mass is 32.2. The number of nitrogens with zero attached hydrogens (tertiary/aromatic N) is 2. The van der Waals surface area contributed by atoms with Crippen LogP contribution in [-0.2, 0) is 16.6 Å². The fourth-order valence-electron chi connectivity index (χ4n) is 1.75. The average Bonchev–Trinajstić information content (AvgIpc) is 3.13.